The van der Waals surface area contributed by atoms with Gasteiger partial charge in [0.15, 0.2) is 0 Å². The molecule has 0 bridgehead atoms. The fourth-order valence-electron chi connectivity index (χ4n) is 1.26. The molecule has 1 rings (SSSR count). The first-order valence-electron chi connectivity index (χ1n) is 4.45. The van der Waals surface area contributed by atoms with Gasteiger partial charge < -0.3 is 5.11 Å². The van der Waals surface area contributed by atoms with Crippen molar-refractivity contribution in [1.82, 2.24) is 4.90 Å². The van der Waals surface area contributed by atoms with Gasteiger partial charge in [-0.1, -0.05) is 0 Å². The summed E-state index contributed by atoms with van der Waals surface area (Å²) < 4.78 is 0. The average molecular weight is 235 g/mol. The number of hydrogen-bond acceptors (Lipinski definition) is 5. The maximum atomic E-state index is 10.8. The Kier molecular flexibility index (Phi) is 4.46. The Hall–Kier alpha value is -1.89. The van der Waals surface area contributed by atoms with E-state index in [1.54, 1.807) is 16.3 Å². The Morgan fingerprint density at radius 3 is 2.56 bits per heavy atom. The molecule has 0 spiro atoms. The Morgan fingerprint density at radius 1 is 1.44 bits per heavy atom. The van der Waals surface area contributed by atoms with Gasteiger partial charge in [0.1, 0.15) is 4.88 Å². The maximum absolute atomic E-state index is 10.8. The second-order valence-electron chi connectivity index (χ2n) is 3.04. The summed E-state index contributed by atoms with van der Waals surface area (Å²) >= 11 is 1.14. The summed E-state index contributed by atoms with van der Waals surface area (Å²) in [5.41, 5.74) is 0.642. The van der Waals surface area contributed by atoms with Crippen molar-refractivity contribution in [2.75, 3.05) is 13.1 Å². The lowest BCUT2D eigenvalue weighted by molar-refractivity contribution is 0.0700. The zero-order chi connectivity index (χ0) is 12.0. The van der Waals surface area contributed by atoms with E-state index in [9.17, 15) is 4.79 Å². The molecule has 82 valence electrons. The molecule has 0 aromatic carbocycles. The Balaban J connectivity index is 2.78. The highest BCUT2D eigenvalue weighted by Gasteiger charge is 2.14. The standard InChI is InChI=1S/C10H9N3O2S/c11-2-4-13(5-3-12)7-8-1-6-16-9(8)10(14)15/h1,6H,4-5,7H2,(H,14,15). The highest BCUT2D eigenvalue weighted by Crippen LogP contribution is 2.18. The fraction of sp³-hybridized carbons (Fsp3) is 0.300. The molecule has 6 heteroatoms. The predicted octanol–water partition coefficient (Wildman–Crippen LogP) is 1.30. The summed E-state index contributed by atoms with van der Waals surface area (Å²) in [5, 5.41) is 27.7. The van der Waals surface area contributed by atoms with E-state index >= 15 is 0 Å². The Morgan fingerprint density at radius 2 is 2.06 bits per heavy atom. The molecule has 5 nitrogen and oxygen atoms in total. The third-order valence-corrected chi connectivity index (χ3v) is 2.87. The Bertz CT molecular complexity index is 439. The van der Waals surface area contributed by atoms with Crippen LogP contribution in [0.1, 0.15) is 15.2 Å². The van der Waals surface area contributed by atoms with Crippen molar-refractivity contribution in [1.29, 1.82) is 10.5 Å². The molecule has 0 fully saturated rings. The minimum absolute atomic E-state index is 0.114. The van der Waals surface area contributed by atoms with E-state index in [1.165, 1.54) is 0 Å². The third-order valence-electron chi connectivity index (χ3n) is 1.92. The van der Waals surface area contributed by atoms with E-state index in [4.69, 9.17) is 15.6 Å². The predicted molar refractivity (Wildman–Crippen MR) is 57.8 cm³/mol. The van der Waals surface area contributed by atoms with E-state index in [2.05, 4.69) is 0 Å². The topological polar surface area (TPSA) is 88.1 Å². The Labute approximate surface area is 96.8 Å². The molecule has 1 aromatic heterocycles. The summed E-state index contributed by atoms with van der Waals surface area (Å²) in [6.45, 7) is 0.539. The first-order chi connectivity index (χ1) is 7.69. The van der Waals surface area contributed by atoms with Crippen molar-refractivity contribution in [3.8, 4) is 12.1 Å². The van der Waals surface area contributed by atoms with E-state index in [1.807, 2.05) is 12.1 Å². The SMILES string of the molecule is N#CCN(CC#N)Cc1ccsc1C(=O)O. The average Bonchev–Trinajstić information content (AvgIpc) is 2.66. The van der Waals surface area contributed by atoms with Crippen molar-refractivity contribution in [3.05, 3.63) is 21.9 Å². The molecule has 1 aromatic rings. The van der Waals surface area contributed by atoms with E-state index < -0.39 is 5.97 Å². The van der Waals surface area contributed by atoms with Crippen LogP contribution in [0.25, 0.3) is 0 Å². The molecule has 0 unspecified atom stereocenters. The highest BCUT2D eigenvalue weighted by atomic mass is 32.1. The molecule has 0 saturated carbocycles. The van der Waals surface area contributed by atoms with Gasteiger partial charge >= 0.3 is 5.97 Å². The van der Waals surface area contributed by atoms with Crippen LogP contribution in [-0.2, 0) is 6.54 Å². The van der Waals surface area contributed by atoms with Gasteiger partial charge in [0, 0.05) is 6.54 Å². The number of rotatable bonds is 5. The molecule has 0 aliphatic heterocycles. The second-order valence-corrected chi connectivity index (χ2v) is 3.96. The monoisotopic (exact) mass is 235 g/mol. The van der Waals surface area contributed by atoms with Crippen LogP contribution in [0.15, 0.2) is 11.4 Å². The largest absolute Gasteiger partial charge is 0.477 e. The minimum atomic E-state index is -0.973. The molecule has 0 atom stereocenters. The lowest BCUT2D eigenvalue weighted by Gasteiger charge is -2.14. The maximum Gasteiger partial charge on any atom is 0.346 e. The molecule has 1 N–H and O–H groups in total. The van der Waals surface area contributed by atoms with Crippen LogP contribution in [0.2, 0.25) is 0 Å². The number of aromatic carboxylic acids is 1. The van der Waals surface area contributed by atoms with Gasteiger partial charge in [-0.2, -0.15) is 10.5 Å². The van der Waals surface area contributed by atoms with E-state index in [0.717, 1.165) is 11.3 Å². The second kappa shape index (κ2) is 5.86. The number of carbonyl (C=O) groups is 1. The number of carboxylic acids is 1. The lowest BCUT2D eigenvalue weighted by atomic mass is 10.2. The van der Waals surface area contributed by atoms with Crippen LogP contribution in [0.4, 0.5) is 0 Å². The van der Waals surface area contributed by atoms with E-state index in [0.29, 0.717) is 12.1 Å². The lowest BCUT2D eigenvalue weighted by Crippen LogP contribution is -2.24. The molecular weight excluding hydrogens is 226 g/mol. The number of nitriles is 2. The third kappa shape index (κ3) is 3.06. The van der Waals surface area contributed by atoms with Crippen LogP contribution in [0, 0.1) is 22.7 Å². The number of carboxylic acid groups (broad SMARTS) is 1. The van der Waals surface area contributed by atoms with Gasteiger partial charge in [-0.15, -0.1) is 11.3 Å². The molecule has 16 heavy (non-hydrogen) atoms. The highest BCUT2D eigenvalue weighted by molar-refractivity contribution is 7.12. The number of hydrogen-bond donors (Lipinski definition) is 1. The number of thiophene rings is 1. The quantitative estimate of drug-likeness (QED) is 0.777. The summed E-state index contributed by atoms with van der Waals surface area (Å²) in [6.07, 6.45) is 0. The summed E-state index contributed by atoms with van der Waals surface area (Å²) in [6, 6.07) is 5.59. The smallest absolute Gasteiger partial charge is 0.346 e. The zero-order valence-electron chi connectivity index (χ0n) is 8.38. The first-order valence-corrected chi connectivity index (χ1v) is 5.33. The summed E-state index contributed by atoms with van der Waals surface area (Å²) in [7, 11) is 0. The van der Waals surface area contributed by atoms with Gasteiger partial charge in [0.25, 0.3) is 0 Å². The van der Waals surface area contributed by atoms with Crippen molar-refractivity contribution in [2.24, 2.45) is 0 Å². The molecule has 0 saturated heterocycles. The van der Waals surface area contributed by atoms with Gasteiger partial charge in [-0.3, -0.25) is 4.90 Å². The molecule has 1 heterocycles. The molecular formula is C10H9N3O2S. The summed E-state index contributed by atoms with van der Waals surface area (Å²) in [5.74, 6) is -0.973. The van der Waals surface area contributed by atoms with Crippen molar-refractivity contribution in [3.63, 3.8) is 0 Å². The van der Waals surface area contributed by atoms with Crippen LogP contribution < -0.4 is 0 Å². The normalized spacial score (nSPS) is 9.69. The van der Waals surface area contributed by atoms with Crippen LogP contribution >= 0.6 is 11.3 Å². The molecule has 0 amide bonds. The molecule has 0 aliphatic carbocycles. The fourth-order valence-corrected chi connectivity index (χ4v) is 2.01. The van der Waals surface area contributed by atoms with Gasteiger partial charge in [-0.05, 0) is 17.0 Å². The van der Waals surface area contributed by atoms with Crippen LogP contribution in [0.5, 0.6) is 0 Å². The molecule has 0 radical (unpaired) electrons. The first kappa shape index (κ1) is 12.2. The number of nitrogens with zero attached hydrogens (tertiary/aromatic N) is 3. The van der Waals surface area contributed by atoms with Crippen molar-refractivity contribution in [2.45, 2.75) is 6.54 Å². The van der Waals surface area contributed by atoms with Crippen molar-refractivity contribution < 1.29 is 9.90 Å². The summed E-state index contributed by atoms with van der Waals surface area (Å²) in [4.78, 5) is 12.7. The van der Waals surface area contributed by atoms with Crippen molar-refractivity contribution >= 4 is 17.3 Å². The van der Waals surface area contributed by atoms with Crippen LogP contribution in [-0.4, -0.2) is 29.1 Å². The minimum Gasteiger partial charge on any atom is -0.477 e. The van der Waals surface area contributed by atoms with Gasteiger partial charge in [-0.25, -0.2) is 4.79 Å². The molecule has 0 aliphatic rings. The van der Waals surface area contributed by atoms with E-state index in [-0.39, 0.29) is 18.0 Å². The van der Waals surface area contributed by atoms with Gasteiger partial charge in [0.05, 0.1) is 25.2 Å². The zero-order valence-corrected chi connectivity index (χ0v) is 9.20. The van der Waals surface area contributed by atoms with Crippen LogP contribution in [0.3, 0.4) is 0 Å². The van der Waals surface area contributed by atoms with Gasteiger partial charge in [0.2, 0.25) is 0 Å².